The van der Waals surface area contributed by atoms with Crippen LogP contribution in [-0.4, -0.2) is 23.1 Å². The van der Waals surface area contributed by atoms with Crippen LogP contribution >= 0.6 is 0 Å². The second-order valence-electron chi connectivity index (χ2n) is 5.82. The monoisotopic (exact) mass is 330 g/mol. The van der Waals surface area contributed by atoms with Crippen LogP contribution in [0.3, 0.4) is 0 Å². The number of hydrogen-bond acceptors (Lipinski definition) is 3. The molecule has 0 aromatic heterocycles. The van der Waals surface area contributed by atoms with E-state index in [9.17, 15) is 19.1 Å². The molecule has 126 valence electrons. The second kappa shape index (κ2) is 6.83. The highest BCUT2D eigenvalue weighted by Gasteiger charge is 2.43. The Bertz CT molecular complexity index is 757. The largest absolute Gasteiger partial charge is 0.480 e. The van der Waals surface area contributed by atoms with Gasteiger partial charge in [-0.3, -0.25) is 9.59 Å². The summed E-state index contributed by atoms with van der Waals surface area (Å²) in [5, 5.41) is 9.63. The molecule has 0 amide bonds. The van der Waals surface area contributed by atoms with E-state index in [4.69, 9.17) is 4.74 Å². The summed E-state index contributed by atoms with van der Waals surface area (Å²) in [6, 6.07) is 13.3. The quantitative estimate of drug-likeness (QED) is 0.847. The molecule has 2 unspecified atom stereocenters. The summed E-state index contributed by atoms with van der Waals surface area (Å²) >= 11 is 0. The maximum atomic E-state index is 14.6. The molecule has 0 aliphatic rings. The number of hydrogen-bond donors (Lipinski definition) is 1. The number of benzene rings is 2. The minimum Gasteiger partial charge on any atom is -0.480 e. The molecule has 0 bridgehead atoms. The van der Waals surface area contributed by atoms with Crippen molar-refractivity contribution in [3.63, 3.8) is 0 Å². The van der Waals surface area contributed by atoms with Crippen molar-refractivity contribution in [2.75, 3.05) is 0 Å². The summed E-state index contributed by atoms with van der Waals surface area (Å²) < 4.78 is 19.6. The average Bonchev–Trinajstić information content (AvgIpc) is 2.53. The zero-order valence-electron chi connectivity index (χ0n) is 13.7. The van der Waals surface area contributed by atoms with Gasteiger partial charge in [0.2, 0.25) is 0 Å². The van der Waals surface area contributed by atoms with Crippen LogP contribution in [0.1, 0.15) is 26.3 Å². The molecule has 2 aromatic rings. The van der Waals surface area contributed by atoms with Gasteiger partial charge in [-0.2, -0.15) is 0 Å². The Balaban J connectivity index is 2.48. The molecule has 1 N–H and O–H groups in total. The Hall–Kier alpha value is -2.69. The minimum absolute atomic E-state index is 0.237. The maximum Gasteiger partial charge on any atom is 0.317 e. The standard InChI is InChI=1S/C19H19FO4/c1-12(24-13(2)21)19(3,18(22)23)15-9-10-16(17(20)11-15)14-7-5-4-6-8-14/h4-12H,1-3H3,(H,22,23). The molecule has 5 heteroatoms. The smallest absolute Gasteiger partial charge is 0.317 e. The number of carboxylic acid groups (broad SMARTS) is 1. The Kier molecular flexibility index (Phi) is 5.02. The fourth-order valence-electron chi connectivity index (χ4n) is 2.59. The van der Waals surface area contributed by atoms with E-state index < -0.39 is 29.3 Å². The number of esters is 1. The summed E-state index contributed by atoms with van der Waals surface area (Å²) in [6.45, 7) is 4.11. The summed E-state index contributed by atoms with van der Waals surface area (Å²) in [6.07, 6.45) is -0.950. The molecular weight excluding hydrogens is 311 g/mol. The highest BCUT2D eigenvalue weighted by molar-refractivity contribution is 5.83. The van der Waals surface area contributed by atoms with Gasteiger partial charge in [0.1, 0.15) is 17.3 Å². The van der Waals surface area contributed by atoms with Gasteiger partial charge in [0.25, 0.3) is 0 Å². The van der Waals surface area contributed by atoms with Gasteiger partial charge in [-0.25, -0.2) is 4.39 Å². The number of rotatable bonds is 5. The van der Waals surface area contributed by atoms with Crippen LogP contribution in [0.4, 0.5) is 4.39 Å². The summed E-state index contributed by atoms with van der Waals surface area (Å²) in [7, 11) is 0. The van der Waals surface area contributed by atoms with Crippen LogP contribution in [0.25, 0.3) is 11.1 Å². The lowest BCUT2D eigenvalue weighted by Crippen LogP contribution is -2.44. The molecule has 24 heavy (non-hydrogen) atoms. The number of carboxylic acids is 1. The van der Waals surface area contributed by atoms with Crippen LogP contribution in [0.2, 0.25) is 0 Å². The van der Waals surface area contributed by atoms with Crippen LogP contribution in [0, 0.1) is 5.82 Å². The predicted octanol–water partition coefficient (Wildman–Crippen LogP) is 3.79. The first kappa shape index (κ1) is 17.7. The fourth-order valence-corrected chi connectivity index (χ4v) is 2.59. The lowest BCUT2D eigenvalue weighted by atomic mass is 9.77. The van der Waals surface area contributed by atoms with Crippen LogP contribution in [0.15, 0.2) is 48.5 Å². The molecule has 0 saturated heterocycles. The Morgan fingerprint density at radius 2 is 1.79 bits per heavy atom. The van der Waals surface area contributed by atoms with Crippen molar-refractivity contribution in [3.8, 4) is 11.1 Å². The first-order chi connectivity index (χ1) is 11.3. The van der Waals surface area contributed by atoms with Crippen molar-refractivity contribution in [3.05, 3.63) is 59.9 Å². The van der Waals surface area contributed by atoms with E-state index in [1.165, 1.54) is 26.8 Å². The van der Waals surface area contributed by atoms with Crippen molar-refractivity contribution >= 4 is 11.9 Å². The van der Waals surface area contributed by atoms with Crippen LogP contribution in [0.5, 0.6) is 0 Å². The molecule has 0 saturated carbocycles. The number of carbonyl (C=O) groups is 2. The zero-order valence-corrected chi connectivity index (χ0v) is 13.7. The van der Waals surface area contributed by atoms with Crippen molar-refractivity contribution in [1.82, 2.24) is 0 Å². The topological polar surface area (TPSA) is 63.6 Å². The molecule has 2 atom stereocenters. The molecule has 0 aliphatic carbocycles. The van der Waals surface area contributed by atoms with Gasteiger partial charge in [0.05, 0.1) is 0 Å². The highest BCUT2D eigenvalue weighted by Crippen LogP contribution is 2.33. The lowest BCUT2D eigenvalue weighted by Gasteiger charge is -2.31. The van der Waals surface area contributed by atoms with Crippen molar-refractivity contribution in [1.29, 1.82) is 0 Å². The van der Waals surface area contributed by atoms with E-state index in [2.05, 4.69) is 0 Å². The molecule has 0 aliphatic heterocycles. The first-order valence-corrected chi connectivity index (χ1v) is 7.53. The molecule has 0 spiro atoms. The molecule has 2 aromatic carbocycles. The predicted molar refractivity (Wildman–Crippen MR) is 88.1 cm³/mol. The second-order valence-corrected chi connectivity index (χ2v) is 5.82. The molecule has 0 fully saturated rings. The van der Waals surface area contributed by atoms with Gasteiger partial charge < -0.3 is 9.84 Å². The van der Waals surface area contributed by atoms with Gasteiger partial charge >= 0.3 is 11.9 Å². The first-order valence-electron chi connectivity index (χ1n) is 7.53. The Labute approximate surface area is 139 Å². The fraction of sp³-hybridized carbons (Fsp3) is 0.263. The van der Waals surface area contributed by atoms with E-state index in [1.54, 1.807) is 36.4 Å². The lowest BCUT2D eigenvalue weighted by molar-refractivity contribution is -0.157. The zero-order chi connectivity index (χ0) is 17.9. The van der Waals surface area contributed by atoms with Gasteiger partial charge in [-0.05, 0) is 31.0 Å². The van der Waals surface area contributed by atoms with Crippen molar-refractivity contribution in [2.24, 2.45) is 0 Å². The average molecular weight is 330 g/mol. The highest BCUT2D eigenvalue weighted by atomic mass is 19.1. The van der Waals surface area contributed by atoms with Crippen molar-refractivity contribution in [2.45, 2.75) is 32.3 Å². The van der Waals surface area contributed by atoms with E-state index in [1.807, 2.05) is 6.07 Å². The van der Waals surface area contributed by atoms with Gasteiger partial charge in [-0.1, -0.05) is 42.5 Å². The van der Waals surface area contributed by atoms with Crippen molar-refractivity contribution < 1.29 is 23.8 Å². The summed E-state index contributed by atoms with van der Waals surface area (Å²) in [5.74, 6) is -2.30. The summed E-state index contributed by atoms with van der Waals surface area (Å²) in [5.41, 5.74) is -0.235. The molecule has 4 nitrogen and oxygen atoms in total. The third-order valence-corrected chi connectivity index (χ3v) is 4.25. The summed E-state index contributed by atoms with van der Waals surface area (Å²) in [4.78, 5) is 23.0. The number of halogens is 1. The van der Waals surface area contributed by atoms with Crippen LogP contribution < -0.4 is 0 Å². The normalized spacial score (nSPS) is 14.5. The molecule has 2 rings (SSSR count). The van der Waals surface area contributed by atoms with Crippen LogP contribution in [-0.2, 0) is 19.7 Å². The number of carbonyl (C=O) groups excluding carboxylic acids is 1. The van der Waals surface area contributed by atoms with Gasteiger partial charge in [-0.15, -0.1) is 0 Å². The third kappa shape index (κ3) is 3.30. The van der Waals surface area contributed by atoms with E-state index in [0.717, 1.165) is 0 Å². The number of aliphatic carboxylic acids is 1. The Morgan fingerprint density at radius 1 is 1.17 bits per heavy atom. The minimum atomic E-state index is -1.55. The third-order valence-electron chi connectivity index (χ3n) is 4.25. The SMILES string of the molecule is CC(=O)OC(C)C(C)(C(=O)O)c1ccc(-c2ccccc2)c(F)c1. The maximum absolute atomic E-state index is 14.6. The van der Waals surface area contributed by atoms with E-state index >= 15 is 0 Å². The molecule has 0 heterocycles. The Morgan fingerprint density at radius 3 is 2.29 bits per heavy atom. The molecule has 0 radical (unpaired) electrons. The van der Waals surface area contributed by atoms with Gasteiger partial charge in [0, 0.05) is 12.5 Å². The number of ether oxygens (including phenoxy) is 1. The van der Waals surface area contributed by atoms with Gasteiger partial charge in [0.15, 0.2) is 0 Å². The van der Waals surface area contributed by atoms with E-state index in [-0.39, 0.29) is 5.56 Å². The molecular formula is C19H19FO4. The van der Waals surface area contributed by atoms with E-state index in [0.29, 0.717) is 11.1 Å².